The van der Waals surface area contributed by atoms with Crippen molar-refractivity contribution in [3.05, 3.63) is 59.7 Å². The van der Waals surface area contributed by atoms with Crippen molar-refractivity contribution in [2.45, 2.75) is 43.0 Å². The molecular weight excluding hydrogens is 370 g/mol. The second kappa shape index (κ2) is 8.35. The SMILES string of the molecule is Cc1ccccc1CN1CCC(Nc2ccccc2S(=O)(=O)C(F)F)CC1. The van der Waals surface area contributed by atoms with Gasteiger partial charge in [-0.05, 0) is 43.0 Å². The van der Waals surface area contributed by atoms with E-state index in [0.29, 0.717) is 0 Å². The van der Waals surface area contributed by atoms with E-state index in [0.717, 1.165) is 32.5 Å². The number of nitrogens with one attached hydrogen (secondary N) is 1. The Balaban J connectivity index is 1.63. The average molecular weight is 394 g/mol. The van der Waals surface area contributed by atoms with Crippen LogP contribution in [0.25, 0.3) is 0 Å². The Labute approximate surface area is 159 Å². The number of nitrogens with zero attached hydrogens (tertiary/aromatic N) is 1. The van der Waals surface area contributed by atoms with Gasteiger partial charge in [0.15, 0.2) is 0 Å². The maximum atomic E-state index is 12.9. The second-order valence-electron chi connectivity index (χ2n) is 6.92. The molecule has 0 atom stereocenters. The maximum absolute atomic E-state index is 12.9. The first kappa shape index (κ1) is 19.8. The van der Waals surface area contributed by atoms with E-state index in [4.69, 9.17) is 0 Å². The molecule has 2 aromatic carbocycles. The summed E-state index contributed by atoms with van der Waals surface area (Å²) in [5, 5.41) is 3.17. The number of aryl methyl sites for hydroxylation is 1. The van der Waals surface area contributed by atoms with Gasteiger partial charge in [-0.15, -0.1) is 0 Å². The number of benzene rings is 2. The summed E-state index contributed by atoms with van der Waals surface area (Å²) in [6.07, 6.45) is 1.66. The Morgan fingerprint density at radius 2 is 1.70 bits per heavy atom. The van der Waals surface area contributed by atoms with E-state index in [1.807, 2.05) is 12.1 Å². The highest BCUT2D eigenvalue weighted by atomic mass is 32.2. The monoisotopic (exact) mass is 394 g/mol. The Morgan fingerprint density at radius 3 is 2.37 bits per heavy atom. The van der Waals surface area contributed by atoms with E-state index in [9.17, 15) is 17.2 Å². The lowest BCUT2D eigenvalue weighted by molar-refractivity contribution is 0.211. The van der Waals surface area contributed by atoms with Crippen LogP contribution in [0.1, 0.15) is 24.0 Å². The van der Waals surface area contributed by atoms with Crippen LogP contribution in [0.5, 0.6) is 0 Å². The molecule has 1 aliphatic rings. The molecule has 7 heteroatoms. The van der Waals surface area contributed by atoms with E-state index < -0.39 is 15.6 Å². The zero-order valence-corrected chi connectivity index (χ0v) is 16.1. The summed E-state index contributed by atoms with van der Waals surface area (Å²) >= 11 is 0. The zero-order valence-electron chi connectivity index (χ0n) is 15.2. The molecule has 3 rings (SSSR count). The highest BCUT2D eigenvalue weighted by Crippen LogP contribution is 2.28. The van der Waals surface area contributed by atoms with Gasteiger partial charge in [0.05, 0.1) is 10.6 Å². The van der Waals surface area contributed by atoms with Crippen LogP contribution in [0.3, 0.4) is 0 Å². The third kappa shape index (κ3) is 4.65. The van der Waals surface area contributed by atoms with E-state index in [1.165, 1.54) is 23.3 Å². The van der Waals surface area contributed by atoms with Crippen LogP contribution in [0.15, 0.2) is 53.4 Å². The lowest BCUT2D eigenvalue weighted by atomic mass is 10.0. The first-order chi connectivity index (χ1) is 12.9. The van der Waals surface area contributed by atoms with Gasteiger partial charge < -0.3 is 5.32 Å². The van der Waals surface area contributed by atoms with Crippen LogP contribution in [0.2, 0.25) is 0 Å². The Hall–Kier alpha value is -1.99. The number of sulfone groups is 1. The minimum absolute atomic E-state index is 0.0622. The molecule has 1 aliphatic heterocycles. The van der Waals surface area contributed by atoms with Gasteiger partial charge in [0.25, 0.3) is 0 Å². The van der Waals surface area contributed by atoms with Crippen molar-refractivity contribution in [1.29, 1.82) is 0 Å². The van der Waals surface area contributed by atoms with Crippen molar-refractivity contribution in [3.63, 3.8) is 0 Å². The van der Waals surface area contributed by atoms with Gasteiger partial charge in [-0.1, -0.05) is 36.4 Å². The van der Waals surface area contributed by atoms with Crippen molar-refractivity contribution >= 4 is 15.5 Å². The molecule has 1 saturated heterocycles. The molecular formula is C20H24F2N2O2S. The van der Waals surface area contributed by atoms with Gasteiger partial charge >= 0.3 is 5.76 Å². The molecule has 0 bridgehead atoms. The van der Waals surface area contributed by atoms with Gasteiger partial charge in [-0.2, -0.15) is 8.78 Å². The predicted octanol–water partition coefficient (Wildman–Crippen LogP) is 4.07. The van der Waals surface area contributed by atoms with Crippen LogP contribution in [0.4, 0.5) is 14.5 Å². The molecule has 0 aromatic heterocycles. The molecule has 0 spiro atoms. The minimum atomic E-state index is -4.62. The number of para-hydroxylation sites is 1. The molecule has 0 amide bonds. The number of hydrogen-bond donors (Lipinski definition) is 1. The number of piperidine rings is 1. The second-order valence-corrected chi connectivity index (χ2v) is 8.81. The molecule has 0 unspecified atom stereocenters. The standard InChI is InChI=1S/C20H24F2N2O2S/c1-15-6-2-3-7-16(15)14-24-12-10-17(11-13-24)23-18-8-4-5-9-19(18)27(25,26)20(21)22/h2-9,17,20,23H,10-14H2,1H3. The third-order valence-electron chi connectivity index (χ3n) is 5.03. The predicted molar refractivity (Wildman–Crippen MR) is 103 cm³/mol. The first-order valence-electron chi connectivity index (χ1n) is 9.02. The summed E-state index contributed by atoms with van der Waals surface area (Å²) in [5.41, 5.74) is 2.83. The van der Waals surface area contributed by atoms with Crippen molar-refractivity contribution in [3.8, 4) is 0 Å². The molecule has 1 N–H and O–H groups in total. The molecule has 27 heavy (non-hydrogen) atoms. The summed E-state index contributed by atoms with van der Waals surface area (Å²) < 4.78 is 49.6. The molecule has 1 fully saturated rings. The smallest absolute Gasteiger partial charge is 0.341 e. The first-order valence-corrected chi connectivity index (χ1v) is 10.6. The van der Waals surface area contributed by atoms with Crippen LogP contribution < -0.4 is 5.32 Å². The van der Waals surface area contributed by atoms with E-state index in [1.54, 1.807) is 12.1 Å². The van der Waals surface area contributed by atoms with Crippen LogP contribution in [0, 0.1) is 6.92 Å². The zero-order chi connectivity index (χ0) is 19.4. The Bertz CT molecular complexity index is 879. The lowest BCUT2D eigenvalue weighted by Crippen LogP contribution is -2.39. The molecule has 0 saturated carbocycles. The van der Waals surface area contributed by atoms with Crippen molar-refractivity contribution in [2.24, 2.45) is 0 Å². The fourth-order valence-corrected chi connectivity index (χ4v) is 4.31. The van der Waals surface area contributed by atoms with E-state index in [2.05, 4.69) is 29.3 Å². The molecule has 146 valence electrons. The number of hydrogen-bond acceptors (Lipinski definition) is 4. The fraction of sp³-hybridized carbons (Fsp3) is 0.400. The van der Waals surface area contributed by atoms with Gasteiger partial charge in [-0.25, -0.2) is 8.42 Å². The van der Waals surface area contributed by atoms with Crippen molar-refractivity contribution in [1.82, 2.24) is 4.90 Å². The molecule has 2 aromatic rings. The summed E-state index contributed by atoms with van der Waals surface area (Å²) in [5.74, 6) is -3.42. The highest BCUT2D eigenvalue weighted by molar-refractivity contribution is 7.91. The normalized spacial score (nSPS) is 16.6. The summed E-state index contributed by atoms with van der Waals surface area (Å²) in [7, 11) is -4.62. The lowest BCUT2D eigenvalue weighted by Gasteiger charge is -2.33. The quantitative estimate of drug-likeness (QED) is 0.803. The van der Waals surface area contributed by atoms with Gasteiger partial charge in [-0.3, -0.25) is 4.90 Å². The minimum Gasteiger partial charge on any atom is -0.381 e. The van der Waals surface area contributed by atoms with Crippen molar-refractivity contribution in [2.75, 3.05) is 18.4 Å². The summed E-state index contributed by atoms with van der Waals surface area (Å²) in [6.45, 7) is 4.73. The van der Waals surface area contributed by atoms with Gasteiger partial charge in [0.2, 0.25) is 9.84 Å². The average Bonchev–Trinajstić information content (AvgIpc) is 2.65. The summed E-state index contributed by atoms with van der Waals surface area (Å²) in [6, 6.07) is 14.3. The number of likely N-dealkylation sites (tertiary alicyclic amines) is 1. The van der Waals surface area contributed by atoms with Crippen LogP contribution >= 0.6 is 0 Å². The van der Waals surface area contributed by atoms with E-state index in [-0.39, 0.29) is 16.6 Å². The largest absolute Gasteiger partial charge is 0.381 e. The maximum Gasteiger partial charge on any atom is 0.341 e. The number of halogens is 2. The van der Waals surface area contributed by atoms with Gasteiger partial charge in [0, 0.05) is 25.7 Å². The summed E-state index contributed by atoms with van der Waals surface area (Å²) in [4.78, 5) is 2.03. The molecule has 0 aliphatic carbocycles. The fourth-order valence-electron chi connectivity index (χ4n) is 3.41. The molecule has 4 nitrogen and oxygen atoms in total. The van der Waals surface area contributed by atoms with Gasteiger partial charge in [0.1, 0.15) is 0 Å². The molecule has 1 heterocycles. The van der Waals surface area contributed by atoms with E-state index >= 15 is 0 Å². The van der Waals surface area contributed by atoms with Crippen LogP contribution in [-0.4, -0.2) is 38.2 Å². The number of alkyl halides is 2. The number of anilines is 1. The number of rotatable bonds is 6. The highest BCUT2D eigenvalue weighted by Gasteiger charge is 2.30. The Kier molecular flexibility index (Phi) is 6.11. The Morgan fingerprint density at radius 1 is 1.07 bits per heavy atom. The third-order valence-corrected chi connectivity index (χ3v) is 6.47. The van der Waals surface area contributed by atoms with Crippen LogP contribution in [-0.2, 0) is 16.4 Å². The molecule has 0 radical (unpaired) electrons. The van der Waals surface area contributed by atoms with Crippen molar-refractivity contribution < 1.29 is 17.2 Å². The topological polar surface area (TPSA) is 49.4 Å².